The Labute approximate surface area is 201 Å². The van der Waals surface area contributed by atoms with E-state index in [1.165, 1.54) is 21.6 Å². The summed E-state index contributed by atoms with van der Waals surface area (Å²) in [7, 11) is 2.68. The summed E-state index contributed by atoms with van der Waals surface area (Å²) in [6.07, 6.45) is 0.905. The van der Waals surface area contributed by atoms with Gasteiger partial charge in [0.05, 0.1) is 11.2 Å². The highest BCUT2D eigenvalue weighted by Gasteiger charge is 2.55. The van der Waals surface area contributed by atoms with Gasteiger partial charge in [0, 0.05) is 25.2 Å². The molecule has 0 spiro atoms. The molecule has 3 aromatic rings. The Morgan fingerprint density at radius 3 is 1.61 bits per heavy atom. The van der Waals surface area contributed by atoms with Gasteiger partial charge in [0.15, 0.2) is 0 Å². The maximum atomic E-state index is 6.68. The molecule has 0 bridgehead atoms. The minimum absolute atomic E-state index is 0.214. The van der Waals surface area contributed by atoms with E-state index in [-0.39, 0.29) is 23.8 Å². The van der Waals surface area contributed by atoms with Crippen molar-refractivity contribution in [2.45, 2.75) is 50.8 Å². The third-order valence-corrected chi connectivity index (χ3v) is 10.2. The van der Waals surface area contributed by atoms with Gasteiger partial charge in [-0.3, -0.25) is 0 Å². The van der Waals surface area contributed by atoms with Gasteiger partial charge < -0.3 is 14.2 Å². The van der Waals surface area contributed by atoms with Crippen LogP contribution in [0.5, 0.6) is 0 Å². The van der Waals surface area contributed by atoms with E-state index in [0.29, 0.717) is 0 Å². The summed E-state index contributed by atoms with van der Waals surface area (Å²) in [5, 5.41) is 2.77. The van der Waals surface area contributed by atoms with E-state index in [0.717, 1.165) is 6.42 Å². The summed E-state index contributed by atoms with van der Waals surface area (Å²) in [6, 6.07) is 30.8. The molecule has 1 atom stereocenters. The summed E-state index contributed by atoms with van der Waals surface area (Å²) < 4.78 is 13.4. The van der Waals surface area contributed by atoms with Crippen LogP contribution in [0.2, 0.25) is 5.44 Å². The van der Waals surface area contributed by atoms with Gasteiger partial charge in [-0.2, -0.15) is 0 Å². The number of anilines is 1. The van der Waals surface area contributed by atoms with Crippen LogP contribution in [0, 0.1) is 0 Å². The van der Waals surface area contributed by atoms with Crippen molar-refractivity contribution in [1.82, 2.24) is 0 Å². The summed E-state index contributed by atoms with van der Waals surface area (Å²) in [6.45, 7) is 8.58. The third-order valence-electron chi connectivity index (χ3n) is 7.05. The first kappa shape index (κ1) is 23.8. The molecule has 1 heterocycles. The molecule has 3 aromatic carbocycles. The smallest absolute Gasteiger partial charge is 0.403 e. The zero-order valence-electron chi connectivity index (χ0n) is 20.7. The van der Waals surface area contributed by atoms with Crippen molar-refractivity contribution in [3.05, 3.63) is 90.5 Å². The van der Waals surface area contributed by atoms with E-state index in [2.05, 4.69) is 132 Å². The van der Waals surface area contributed by atoms with E-state index < -0.39 is 8.80 Å². The molecule has 0 amide bonds. The SMILES string of the molecule is CN(C)c1ccc(C[C@H](B2OC(C)(C)C(C)(C)O2)[Si](c2ccccc2)c2ccccc2)cc1. The molecule has 0 aliphatic carbocycles. The van der Waals surface area contributed by atoms with Crippen molar-refractivity contribution < 1.29 is 9.31 Å². The molecule has 33 heavy (non-hydrogen) atoms. The highest BCUT2D eigenvalue weighted by molar-refractivity contribution is 6.93. The fraction of sp³-hybridized carbons (Fsp3) is 0.357. The lowest BCUT2D eigenvalue weighted by atomic mass is 9.80. The van der Waals surface area contributed by atoms with E-state index >= 15 is 0 Å². The fourth-order valence-electron chi connectivity index (χ4n) is 4.40. The van der Waals surface area contributed by atoms with Gasteiger partial charge in [0.2, 0.25) is 0 Å². The predicted molar refractivity (Wildman–Crippen MR) is 142 cm³/mol. The second-order valence-corrected chi connectivity index (χ2v) is 12.9. The van der Waals surface area contributed by atoms with Crippen LogP contribution in [0.3, 0.4) is 0 Å². The second kappa shape index (κ2) is 9.49. The molecule has 1 fully saturated rings. The minimum atomic E-state index is -1.20. The third kappa shape index (κ3) is 5.11. The minimum Gasteiger partial charge on any atom is -0.403 e. The van der Waals surface area contributed by atoms with Gasteiger partial charge in [0.1, 0.15) is 8.80 Å². The molecule has 0 unspecified atom stereocenters. The first-order valence-electron chi connectivity index (χ1n) is 11.8. The van der Waals surface area contributed by atoms with Crippen molar-refractivity contribution in [3.63, 3.8) is 0 Å². The van der Waals surface area contributed by atoms with Gasteiger partial charge in [-0.15, -0.1) is 0 Å². The van der Waals surface area contributed by atoms with E-state index in [1.807, 2.05) is 0 Å². The van der Waals surface area contributed by atoms with Gasteiger partial charge in [-0.1, -0.05) is 83.2 Å². The first-order chi connectivity index (χ1) is 15.7. The summed E-state index contributed by atoms with van der Waals surface area (Å²) in [4.78, 5) is 2.14. The monoisotopic (exact) mass is 456 g/mol. The molecule has 1 saturated heterocycles. The number of hydrogen-bond acceptors (Lipinski definition) is 3. The fourth-order valence-corrected chi connectivity index (χ4v) is 7.54. The predicted octanol–water partition coefficient (Wildman–Crippen LogP) is 4.61. The molecule has 0 saturated carbocycles. The van der Waals surface area contributed by atoms with E-state index in [1.54, 1.807) is 0 Å². The summed E-state index contributed by atoms with van der Waals surface area (Å²) in [5.41, 5.74) is 2.03. The Morgan fingerprint density at radius 1 is 0.727 bits per heavy atom. The van der Waals surface area contributed by atoms with Crippen LogP contribution in [-0.2, 0) is 15.7 Å². The molecule has 3 nitrogen and oxygen atoms in total. The maximum Gasteiger partial charge on any atom is 0.459 e. The van der Waals surface area contributed by atoms with Crippen LogP contribution < -0.4 is 15.3 Å². The average molecular weight is 456 g/mol. The molecule has 0 N–H and O–H groups in total. The maximum absolute atomic E-state index is 6.68. The molecule has 1 radical (unpaired) electrons. The first-order valence-corrected chi connectivity index (χ1v) is 13.4. The van der Waals surface area contributed by atoms with E-state index in [4.69, 9.17) is 9.31 Å². The number of nitrogens with zero attached hydrogens (tertiary/aromatic N) is 1. The second-order valence-electron chi connectivity index (χ2n) is 10.1. The van der Waals surface area contributed by atoms with Gasteiger partial charge in [-0.25, -0.2) is 0 Å². The van der Waals surface area contributed by atoms with Gasteiger partial charge in [0.25, 0.3) is 0 Å². The van der Waals surface area contributed by atoms with Gasteiger partial charge >= 0.3 is 7.12 Å². The molecule has 0 aromatic heterocycles. The molecule has 1 aliphatic rings. The number of benzene rings is 3. The van der Waals surface area contributed by atoms with Crippen LogP contribution in [0.1, 0.15) is 33.3 Å². The molecular weight excluding hydrogens is 421 g/mol. The Morgan fingerprint density at radius 2 is 1.18 bits per heavy atom. The lowest BCUT2D eigenvalue weighted by Crippen LogP contribution is -2.52. The van der Waals surface area contributed by atoms with Crippen molar-refractivity contribution in [2.75, 3.05) is 19.0 Å². The summed E-state index contributed by atoms with van der Waals surface area (Å²) >= 11 is 0. The molecule has 5 heteroatoms. The zero-order valence-corrected chi connectivity index (χ0v) is 21.7. The summed E-state index contributed by atoms with van der Waals surface area (Å²) in [5.74, 6) is 0. The molecular formula is C28H35BNO2Si. The van der Waals surface area contributed by atoms with Crippen molar-refractivity contribution in [3.8, 4) is 0 Å². The van der Waals surface area contributed by atoms with Crippen LogP contribution in [0.4, 0.5) is 5.69 Å². The molecule has 1 aliphatic heterocycles. The quantitative estimate of drug-likeness (QED) is 0.485. The number of rotatable bonds is 7. The highest BCUT2D eigenvalue weighted by atomic mass is 28.3. The Hall–Kier alpha value is -2.34. The lowest BCUT2D eigenvalue weighted by molar-refractivity contribution is 0.00578. The van der Waals surface area contributed by atoms with Crippen LogP contribution >= 0.6 is 0 Å². The molecule has 171 valence electrons. The van der Waals surface area contributed by atoms with Crippen LogP contribution in [0.25, 0.3) is 0 Å². The lowest BCUT2D eigenvalue weighted by Gasteiger charge is -2.32. The Balaban J connectivity index is 1.78. The standard InChI is InChI=1S/C28H35BNO2Si/c1-27(2)28(3,4)32-29(31-27)26(21-22-17-19-23(20-18-22)30(5)6)33(24-13-9-7-10-14-24)25-15-11-8-12-16-25/h7-20,26H,21H2,1-6H3/t26-/m1/s1. The highest BCUT2D eigenvalue weighted by Crippen LogP contribution is 2.41. The van der Waals surface area contributed by atoms with E-state index in [9.17, 15) is 0 Å². The van der Waals surface area contributed by atoms with Crippen LogP contribution in [0.15, 0.2) is 84.9 Å². The van der Waals surface area contributed by atoms with Crippen LogP contribution in [-0.4, -0.2) is 41.2 Å². The largest absolute Gasteiger partial charge is 0.459 e. The number of hydrogen-bond donors (Lipinski definition) is 0. The topological polar surface area (TPSA) is 21.7 Å². The zero-order chi connectivity index (χ0) is 23.6. The Bertz CT molecular complexity index is 983. The van der Waals surface area contributed by atoms with Crippen molar-refractivity contribution >= 4 is 32.0 Å². The Kier molecular flexibility index (Phi) is 6.85. The van der Waals surface area contributed by atoms with Crippen molar-refractivity contribution in [1.29, 1.82) is 0 Å². The average Bonchev–Trinajstić information content (AvgIpc) is 3.02. The molecule has 4 rings (SSSR count). The van der Waals surface area contributed by atoms with Gasteiger partial charge in [-0.05, 0) is 51.8 Å². The normalized spacial score (nSPS) is 17.8. The van der Waals surface area contributed by atoms with Crippen molar-refractivity contribution in [2.24, 2.45) is 0 Å².